The fourth-order valence-corrected chi connectivity index (χ4v) is 1.65. The lowest BCUT2D eigenvalue weighted by Crippen LogP contribution is -2.31. The Morgan fingerprint density at radius 2 is 2.18 bits per heavy atom. The van der Waals surface area contributed by atoms with Crippen LogP contribution in [0.3, 0.4) is 0 Å². The van der Waals surface area contributed by atoms with Crippen LogP contribution in [0.5, 0.6) is 0 Å². The molecule has 3 heteroatoms. The van der Waals surface area contributed by atoms with Crippen LogP contribution in [-0.2, 0) is 0 Å². The highest BCUT2D eigenvalue weighted by Gasteiger charge is 2.13. The lowest BCUT2D eigenvalue weighted by molar-refractivity contribution is 0.0913. The van der Waals surface area contributed by atoms with E-state index >= 15 is 0 Å². The Morgan fingerprint density at radius 1 is 1.41 bits per heavy atom. The molecule has 1 atom stereocenters. The smallest absolute Gasteiger partial charge is 0.287 e. The fourth-order valence-electron chi connectivity index (χ4n) is 1.65. The molecule has 1 N–H and O–H groups in total. The van der Waals surface area contributed by atoms with Gasteiger partial charge in [-0.25, -0.2) is 0 Å². The van der Waals surface area contributed by atoms with Gasteiger partial charge in [0.1, 0.15) is 5.58 Å². The van der Waals surface area contributed by atoms with Gasteiger partial charge in [-0.05, 0) is 38.0 Å². The molecule has 0 aliphatic rings. The van der Waals surface area contributed by atoms with E-state index in [4.69, 9.17) is 4.42 Å². The van der Waals surface area contributed by atoms with E-state index in [2.05, 4.69) is 5.32 Å². The first-order valence-electron chi connectivity index (χ1n) is 5.91. The summed E-state index contributed by atoms with van der Waals surface area (Å²) in [5.41, 5.74) is 1.89. The van der Waals surface area contributed by atoms with E-state index < -0.39 is 0 Å². The molecule has 1 unspecified atom stereocenters. The Hall–Kier alpha value is -1.77. The number of carbonyl (C=O) groups excluding carboxylic acids is 1. The monoisotopic (exact) mass is 231 g/mol. The molecule has 0 radical (unpaired) electrons. The number of aryl methyl sites for hydroxylation is 1. The van der Waals surface area contributed by atoms with Gasteiger partial charge in [0, 0.05) is 11.4 Å². The molecule has 2 aromatic rings. The van der Waals surface area contributed by atoms with Crippen LogP contribution in [0.1, 0.15) is 36.4 Å². The quantitative estimate of drug-likeness (QED) is 0.880. The maximum Gasteiger partial charge on any atom is 0.287 e. The lowest BCUT2D eigenvalue weighted by Gasteiger charge is -2.08. The van der Waals surface area contributed by atoms with Crippen LogP contribution >= 0.6 is 0 Å². The van der Waals surface area contributed by atoms with Crippen molar-refractivity contribution in [1.29, 1.82) is 0 Å². The number of nitrogens with one attached hydrogen (secondary N) is 1. The molecular weight excluding hydrogens is 214 g/mol. The van der Waals surface area contributed by atoms with Crippen LogP contribution in [0.15, 0.2) is 28.7 Å². The van der Waals surface area contributed by atoms with Gasteiger partial charge in [-0.2, -0.15) is 0 Å². The van der Waals surface area contributed by atoms with Gasteiger partial charge >= 0.3 is 0 Å². The average molecular weight is 231 g/mol. The third kappa shape index (κ3) is 2.49. The topological polar surface area (TPSA) is 42.2 Å². The fraction of sp³-hybridized carbons (Fsp3) is 0.357. The van der Waals surface area contributed by atoms with Crippen LogP contribution < -0.4 is 5.32 Å². The number of hydrogen-bond donors (Lipinski definition) is 1. The van der Waals surface area contributed by atoms with Crippen molar-refractivity contribution in [3.8, 4) is 0 Å². The van der Waals surface area contributed by atoms with Gasteiger partial charge in [0.05, 0.1) is 0 Å². The maximum absolute atomic E-state index is 11.9. The number of fused-ring (bicyclic) bond motifs is 1. The second kappa shape index (κ2) is 4.62. The maximum atomic E-state index is 11.9. The van der Waals surface area contributed by atoms with Crippen molar-refractivity contribution in [3.63, 3.8) is 0 Å². The number of benzene rings is 1. The van der Waals surface area contributed by atoms with Gasteiger partial charge in [-0.3, -0.25) is 4.79 Å². The van der Waals surface area contributed by atoms with E-state index in [9.17, 15) is 4.79 Å². The Labute approximate surface area is 101 Å². The van der Waals surface area contributed by atoms with Gasteiger partial charge in [0.15, 0.2) is 5.76 Å². The normalized spacial score (nSPS) is 12.6. The molecule has 0 saturated heterocycles. The van der Waals surface area contributed by atoms with Crippen LogP contribution in [0.25, 0.3) is 11.0 Å². The molecule has 17 heavy (non-hydrogen) atoms. The number of furan rings is 1. The second-order valence-corrected chi connectivity index (χ2v) is 4.43. The van der Waals surface area contributed by atoms with E-state index in [1.807, 2.05) is 39.0 Å². The van der Waals surface area contributed by atoms with Gasteiger partial charge < -0.3 is 9.73 Å². The molecule has 90 valence electrons. The van der Waals surface area contributed by atoms with Crippen molar-refractivity contribution in [2.45, 2.75) is 33.2 Å². The van der Waals surface area contributed by atoms with Crippen LogP contribution in [0, 0.1) is 6.92 Å². The highest BCUT2D eigenvalue weighted by Crippen LogP contribution is 2.20. The highest BCUT2D eigenvalue weighted by molar-refractivity contribution is 5.96. The number of hydrogen-bond acceptors (Lipinski definition) is 2. The lowest BCUT2D eigenvalue weighted by atomic mass is 10.2. The Bertz CT molecular complexity index is 542. The van der Waals surface area contributed by atoms with E-state index in [1.54, 1.807) is 6.07 Å². The average Bonchev–Trinajstić information content (AvgIpc) is 2.71. The Kier molecular flexibility index (Phi) is 3.18. The molecule has 1 heterocycles. The third-order valence-corrected chi connectivity index (χ3v) is 2.89. The summed E-state index contributed by atoms with van der Waals surface area (Å²) >= 11 is 0. The summed E-state index contributed by atoms with van der Waals surface area (Å²) in [5, 5.41) is 3.85. The summed E-state index contributed by atoms with van der Waals surface area (Å²) in [6.45, 7) is 6.01. The van der Waals surface area contributed by atoms with Crippen molar-refractivity contribution in [1.82, 2.24) is 5.32 Å². The molecule has 1 amide bonds. The largest absolute Gasteiger partial charge is 0.451 e. The Morgan fingerprint density at radius 3 is 2.88 bits per heavy atom. The molecule has 2 rings (SSSR count). The van der Waals surface area contributed by atoms with Crippen LogP contribution in [-0.4, -0.2) is 11.9 Å². The van der Waals surface area contributed by atoms with E-state index in [1.165, 1.54) is 0 Å². The van der Waals surface area contributed by atoms with E-state index in [0.717, 1.165) is 23.0 Å². The predicted octanol–water partition coefficient (Wildman–Crippen LogP) is 3.27. The van der Waals surface area contributed by atoms with Crippen molar-refractivity contribution in [2.75, 3.05) is 0 Å². The number of rotatable bonds is 3. The number of amides is 1. The SMILES string of the molecule is CCC(C)NC(=O)c1cc2ccc(C)cc2o1. The predicted molar refractivity (Wildman–Crippen MR) is 68.2 cm³/mol. The molecule has 3 nitrogen and oxygen atoms in total. The molecule has 0 saturated carbocycles. The summed E-state index contributed by atoms with van der Waals surface area (Å²) < 4.78 is 5.54. The molecule has 1 aromatic heterocycles. The molecule has 0 spiro atoms. The standard InChI is InChI=1S/C14H17NO2/c1-4-10(3)15-14(16)13-8-11-6-5-9(2)7-12(11)17-13/h5-8,10H,4H2,1-3H3,(H,15,16). The summed E-state index contributed by atoms with van der Waals surface area (Å²) in [5.74, 6) is 0.235. The van der Waals surface area contributed by atoms with E-state index in [-0.39, 0.29) is 11.9 Å². The molecule has 0 aliphatic heterocycles. The molecule has 0 bridgehead atoms. The molecule has 0 fully saturated rings. The first-order valence-corrected chi connectivity index (χ1v) is 5.91. The van der Waals surface area contributed by atoms with Gasteiger partial charge in [-0.15, -0.1) is 0 Å². The summed E-state index contributed by atoms with van der Waals surface area (Å²) in [6, 6.07) is 7.86. The molecular formula is C14H17NO2. The molecule has 0 aliphatic carbocycles. The number of carbonyl (C=O) groups is 1. The zero-order valence-corrected chi connectivity index (χ0v) is 10.4. The second-order valence-electron chi connectivity index (χ2n) is 4.43. The summed E-state index contributed by atoms with van der Waals surface area (Å²) in [6.07, 6.45) is 0.908. The first-order chi connectivity index (χ1) is 8.10. The zero-order chi connectivity index (χ0) is 12.4. The van der Waals surface area contributed by atoms with Gasteiger partial charge in [0.2, 0.25) is 0 Å². The highest BCUT2D eigenvalue weighted by atomic mass is 16.3. The van der Waals surface area contributed by atoms with Crippen LogP contribution in [0.4, 0.5) is 0 Å². The minimum absolute atomic E-state index is 0.145. The first kappa shape index (κ1) is 11.7. The van der Waals surface area contributed by atoms with Crippen molar-refractivity contribution in [2.24, 2.45) is 0 Å². The minimum Gasteiger partial charge on any atom is -0.451 e. The van der Waals surface area contributed by atoms with E-state index in [0.29, 0.717) is 5.76 Å². The zero-order valence-electron chi connectivity index (χ0n) is 10.4. The molecule has 1 aromatic carbocycles. The van der Waals surface area contributed by atoms with Crippen LogP contribution in [0.2, 0.25) is 0 Å². The minimum atomic E-state index is -0.145. The third-order valence-electron chi connectivity index (χ3n) is 2.89. The summed E-state index contributed by atoms with van der Waals surface area (Å²) in [7, 11) is 0. The Balaban J connectivity index is 2.27. The summed E-state index contributed by atoms with van der Waals surface area (Å²) in [4.78, 5) is 11.9. The van der Waals surface area contributed by atoms with Gasteiger partial charge in [0.25, 0.3) is 5.91 Å². The van der Waals surface area contributed by atoms with Gasteiger partial charge in [-0.1, -0.05) is 19.1 Å². The van der Waals surface area contributed by atoms with Crippen molar-refractivity contribution in [3.05, 3.63) is 35.6 Å². The van der Waals surface area contributed by atoms with Crippen molar-refractivity contribution >= 4 is 16.9 Å². The van der Waals surface area contributed by atoms with Crippen molar-refractivity contribution < 1.29 is 9.21 Å².